The van der Waals surface area contributed by atoms with Crippen molar-refractivity contribution in [3.63, 3.8) is 0 Å². The summed E-state index contributed by atoms with van der Waals surface area (Å²) in [5.41, 5.74) is 1.28. The normalized spacial score (nSPS) is 49.3. The lowest BCUT2D eigenvalue weighted by atomic mass is 9.42. The minimum Gasteiger partial charge on any atom is -0.396 e. The van der Waals surface area contributed by atoms with Crippen LogP contribution in [0.25, 0.3) is 0 Å². The van der Waals surface area contributed by atoms with Gasteiger partial charge in [0.1, 0.15) is 0 Å². The predicted molar refractivity (Wildman–Crippen MR) is 115 cm³/mol. The zero-order chi connectivity index (χ0) is 19.1. The van der Waals surface area contributed by atoms with E-state index in [1.807, 2.05) is 0 Å². The summed E-state index contributed by atoms with van der Waals surface area (Å²) in [5, 5.41) is 9.21. The molecule has 0 amide bonds. The van der Waals surface area contributed by atoms with Crippen molar-refractivity contribution >= 4 is 0 Å². The topological polar surface area (TPSA) is 20.2 Å². The summed E-state index contributed by atoms with van der Waals surface area (Å²) < 4.78 is 0. The second kappa shape index (κ2) is 8.00. The van der Waals surface area contributed by atoms with Gasteiger partial charge in [0.2, 0.25) is 0 Å². The Bertz CT molecular complexity index is 500. The fourth-order valence-corrected chi connectivity index (χ4v) is 9.34. The highest BCUT2D eigenvalue weighted by molar-refractivity contribution is 5.10. The fourth-order valence-electron chi connectivity index (χ4n) is 9.34. The van der Waals surface area contributed by atoms with Gasteiger partial charge in [-0.15, -0.1) is 0 Å². The summed E-state index contributed by atoms with van der Waals surface area (Å²) in [6.45, 7) is 8.24. The van der Waals surface area contributed by atoms with E-state index in [0.717, 1.165) is 41.9 Å². The number of rotatable bonds is 6. The highest BCUT2D eigenvalue weighted by Crippen LogP contribution is 2.69. The molecule has 1 nitrogen and oxygen atoms in total. The third kappa shape index (κ3) is 3.32. The molecular weight excluding hydrogens is 328 g/mol. The Morgan fingerprint density at radius 3 is 2.41 bits per heavy atom. The SMILES string of the molecule is CCCC1CC2C3CCC(CCCCO)C3(C)CCC2C2(C)CCCCC12. The molecule has 27 heavy (non-hydrogen) atoms. The van der Waals surface area contributed by atoms with Gasteiger partial charge in [0.25, 0.3) is 0 Å². The molecule has 1 heteroatoms. The van der Waals surface area contributed by atoms with Crippen molar-refractivity contribution in [1.29, 1.82) is 0 Å². The van der Waals surface area contributed by atoms with E-state index in [-0.39, 0.29) is 0 Å². The first-order valence-corrected chi connectivity index (χ1v) is 12.7. The van der Waals surface area contributed by atoms with Gasteiger partial charge in [-0.2, -0.15) is 0 Å². The Morgan fingerprint density at radius 1 is 0.815 bits per heavy atom. The molecule has 8 unspecified atom stereocenters. The van der Waals surface area contributed by atoms with Gasteiger partial charge in [0.05, 0.1) is 0 Å². The van der Waals surface area contributed by atoms with Crippen molar-refractivity contribution in [2.24, 2.45) is 46.3 Å². The van der Waals surface area contributed by atoms with E-state index in [1.165, 1.54) is 77.0 Å². The molecule has 4 rings (SSSR count). The Labute approximate surface area is 169 Å². The van der Waals surface area contributed by atoms with E-state index in [1.54, 1.807) is 6.42 Å². The summed E-state index contributed by atoms with van der Waals surface area (Å²) in [7, 11) is 0. The third-order valence-corrected chi connectivity index (χ3v) is 10.6. The lowest BCUT2D eigenvalue weighted by molar-refractivity contribution is -0.136. The van der Waals surface area contributed by atoms with Crippen molar-refractivity contribution in [3.8, 4) is 0 Å². The average molecular weight is 375 g/mol. The minimum atomic E-state index is 0.385. The lowest BCUT2D eigenvalue weighted by Crippen LogP contribution is -2.55. The highest BCUT2D eigenvalue weighted by Gasteiger charge is 2.60. The molecule has 4 fully saturated rings. The summed E-state index contributed by atoms with van der Waals surface area (Å²) >= 11 is 0. The summed E-state index contributed by atoms with van der Waals surface area (Å²) in [6, 6.07) is 0. The van der Waals surface area contributed by atoms with E-state index in [2.05, 4.69) is 20.8 Å². The van der Waals surface area contributed by atoms with Crippen LogP contribution in [-0.4, -0.2) is 11.7 Å². The predicted octanol–water partition coefficient (Wildman–Crippen LogP) is 7.22. The van der Waals surface area contributed by atoms with Crippen LogP contribution in [-0.2, 0) is 0 Å². The maximum Gasteiger partial charge on any atom is 0.0431 e. The van der Waals surface area contributed by atoms with Gasteiger partial charge >= 0.3 is 0 Å². The maximum absolute atomic E-state index is 9.21. The molecule has 0 bridgehead atoms. The highest BCUT2D eigenvalue weighted by atomic mass is 16.2. The van der Waals surface area contributed by atoms with Crippen LogP contribution in [0.3, 0.4) is 0 Å². The molecule has 0 radical (unpaired) electrons. The van der Waals surface area contributed by atoms with Crippen molar-refractivity contribution < 1.29 is 5.11 Å². The van der Waals surface area contributed by atoms with Gasteiger partial charge in [-0.25, -0.2) is 0 Å². The fraction of sp³-hybridized carbons (Fsp3) is 1.00. The molecule has 4 aliphatic carbocycles. The lowest BCUT2D eigenvalue weighted by Gasteiger charge is -2.63. The molecule has 8 atom stereocenters. The largest absolute Gasteiger partial charge is 0.396 e. The van der Waals surface area contributed by atoms with Crippen molar-refractivity contribution in [2.75, 3.05) is 6.61 Å². The number of hydrogen-bond acceptors (Lipinski definition) is 1. The van der Waals surface area contributed by atoms with Crippen LogP contribution in [0.4, 0.5) is 0 Å². The minimum absolute atomic E-state index is 0.385. The molecule has 156 valence electrons. The van der Waals surface area contributed by atoms with E-state index < -0.39 is 0 Å². The maximum atomic E-state index is 9.21. The molecule has 0 aromatic rings. The number of aliphatic hydroxyl groups excluding tert-OH is 1. The van der Waals surface area contributed by atoms with Gasteiger partial charge in [-0.1, -0.05) is 52.9 Å². The smallest absolute Gasteiger partial charge is 0.0431 e. The number of fused-ring (bicyclic) bond motifs is 5. The van der Waals surface area contributed by atoms with Gasteiger partial charge in [0, 0.05) is 6.61 Å². The molecule has 4 saturated carbocycles. The molecule has 0 aromatic heterocycles. The molecular formula is C26H46O. The van der Waals surface area contributed by atoms with Crippen LogP contribution in [0.5, 0.6) is 0 Å². The van der Waals surface area contributed by atoms with Crippen LogP contribution in [0.15, 0.2) is 0 Å². The quantitative estimate of drug-likeness (QED) is 0.486. The molecule has 0 saturated heterocycles. The average Bonchev–Trinajstić information content (AvgIpc) is 2.99. The Morgan fingerprint density at radius 2 is 1.63 bits per heavy atom. The molecule has 1 N–H and O–H groups in total. The number of unbranched alkanes of at least 4 members (excludes halogenated alkanes) is 1. The van der Waals surface area contributed by atoms with Gasteiger partial charge in [-0.3, -0.25) is 0 Å². The standard InChI is InChI=1S/C26H46O/c1-4-9-19-18-21-23-13-12-20(10-6-8-17-27)25(23,2)16-14-24(21)26(3)15-7-5-11-22(19)26/h19-24,27H,4-18H2,1-3H3. The van der Waals surface area contributed by atoms with Crippen LogP contribution in [0, 0.1) is 46.3 Å². The van der Waals surface area contributed by atoms with Crippen molar-refractivity contribution in [3.05, 3.63) is 0 Å². The van der Waals surface area contributed by atoms with E-state index in [9.17, 15) is 5.11 Å². The number of aliphatic hydroxyl groups is 1. The van der Waals surface area contributed by atoms with Crippen LogP contribution >= 0.6 is 0 Å². The van der Waals surface area contributed by atoms with Gasteiger partial charge in [-0.05, 0) is 104 Å². The Balaban J connectivity index is 1.56. The second-order valence-electron chi connectivity index (χ2n) is 11.6. The molecule has 0 heterocycles. The van der Waals surface area contributed by atoms with E-state index in [4.69, 9.17) is 0 Å². The van der Waals surface area contributed by atoms with Gasteiger partial charge < -0.3 is 5.11 Å². The summed E-state index contributed by atoms with van der Waals surface area (Å²) in [4.78, 5) is 0. The molecule has 0 aromatic carbocycles. The zero-order valence-electron chi connectivity index (χ0n) is 18.5. The second-order valence-corrected chi connectivity index (χ2v) is 11.6. The van der Waals surface area contributed by atoms with Crippen LogP contribution in [0.1, 0.15) is 111 Å². The third-order valence-electron chi connectivity index (χ3n) is 10.6. The first-order chi connectivity index (χ1) is 13.0. The van der Waals surface area contributed by atoms with Crippen molar-refractivity contribution in [2.45, 2.75) is 111 Å². The van der Waals surface area contributed by atoms with Crippen molar-refractivity contribution in [1.82, 2.24) is 0 Å². The summed E-state index contributed by atoms with van der Waals surface area (Å²) in [6.07, 6.45) is 20.2. The molecule has 0 spiro atoms. The first kappa shape index (κ1) is 20.2. The Kier molecular flexibility index (Phi) is 6.00. The van der Waals surface area contributed by atoms with E-state index >= 15 is 0 Å². The van der Waals surface area contributed by atoms with Crippen LogP contribution in [0.2, 0.25) is 0 Å². The Hall–Kier alpha value is -0.0400. The number of hydrogen-bond donors (Lipinski definition) is 1. The molecule has 0 aliphatic heterocycles. The van der Waals surface area contributed by atoms with Gasteiger partial charge in [0.15, 0.2) is 0 Å². The first-order valence-electron chi connectivity index (χ1n) is 12.7. The monoisotopic (exact) mass is 374 g/mol. The molecule has 4 aliphatic rings. The zero-order valence-corrected chi connectivity index (χ0v) is 18.5. The van der Waals surface area contributed by atoms with Crippen LogP contribution < -0.4 is 0 Å². The van der Waals surface area contributed by atoms with E-state index in [0.29, 0.717) is 17.4 Å². The summed E-state index contributed by atoms with van der Waals surface area (Å²) in [5.74, 6) is 6.08.